The van der Waals surface area contributed by atoms with Crippen LogP contribution in [0.1, 0.15) is 169 Å². The molecule has 0 bridgehead atoms. The minimum absolute atomic E-state index is 0.103. The van der Waals surface area contributed by atoms with Gasteiger partial charge in [0.15, 0.2) is 24.8 Å². The first-order valence-electron chi connectivity index (χ1n) is 46.9. The van der Waals surface area contributed by atoms with Crippen LogP contribution in [0.3, 0.4) is 0 Å². The zero-order valence-electron chi connectivity index (χ0n) is 74.4. The third-order valence-corrected chi connectivity index (χ3v) is 32.0. The van der Waals surface area contributed by atoms with Crippen molar-refractivity contribution in [1.82, 2.24) is 0 Å². The fourth-order valence-corrected chi connectivity index (χ4v) is 26.1. The van der Waals surface area contributed by atoms with E-state index in [4.69, 9.17) is 17.7 Å². The molecule has 12 aromatic carbocycles. The van der Waals surface area contributed by atoms with Crippen molar-refractivity contribution in [3.8, 4) is 89.5 Å². The lowest BCUT2D eigenvalue weighted by atomic mass is 9.76. The fourth-order valence-electron chi connectivity index (χ4n) is 26.1. The van der Waals surface area contributed by atoms with Gasteiger partial charge < -0.3 is 17.7 Å². The SMILES string of the molecule is Cc1ccc2c(oc3c4c(ccc32)-c2ccccc2C42CCCC2)c1-c1cccc[n+]1C.Cc1ccc2c(oc3c4c(ccc32)C2(CCCC2)c2ccccc2-4)c1-c1cccc[n+]1C.Cc1ccc2c(oc3cc4c(cc32)-c2ccccc2C42CCCC2)c1-c1cccc[n+]1C.Cc1ccc2c(oc3cc4c(cc32)C2(CCCC2)c2ccccc2-4)c1-c1cccc[n+]1C. The van der Waals surface area contributed by atoms with E-state index in [1.807, 2.05) is 0 Å². The van der Waals surface area contributed by atoms with E-state index in [9.17, 15) is 0 Å². The molecule has 0 N–H and O–H groups in total. The lowest BCUT2D eigenvalue weighted by Crippen LogP contribution is -2.30. The van der Waals surface area contributed by atoms with Crippen molar-refractivity contribution in [3.05, 3.63) is 358 Å². The Labute approximate surface area is 747 Å². The molecule has 8 nitrogen and oxygen atoms in total. The number of aromatic nitrogens is 4. The van der Waals surface area contributed by atoms with Gasteiger partial charge in [-0.05, 0) is 234 Å². The predicted molar refractivity (Wildman–Crippen MR) is 519 cm³/mol. The summed E-state index contributed by atoms with van der Waals surface area (Å²) >= 11 is 0. The first-order valence-corrected chi connectivity index (χ1v) is 46.9. The van der Waals surface area contributed by atoms with E-state index in [0.717, 1.165) is 44.7 Å². The lowest BCUT2D eigenvalue weighted by molar-refractivity contribution is -0.660. The van der Waals surface area contributed by atoms with Crippen LogP contribution in [0, 0.1) is 27.7 Å². The van der Waals surface area contributed by atoms with Crippen molar-refractivity contribution in [2.45, 2.75) is 152 Å². The molecule has 0 saturated heterocycles. The third kappa shape index (κ3) is 11.0. The van der Waals surface area contributed by atoms with E-state index in [1.54, 1.807) is 0 Å². The van der Waals surface area contributed by atoms with Gasteiger partial charge in [0.2, 0.25) is 22.8 Å². The fraction of sp³-hybridized carbons (Fsp3) is 0.233. The second-order valence-corrected chi connectivity index (χ2v) is 38.6. The molecule has 28 rings (SSSR count). The topological polar surface area (TPSA) is 68.1 Å². The highest BCUT2D eigenvalue weighted by Gasteiger charge is 2.51. The van der Waals surface area contributed by atoms with Crippen molar-refractivity contribution in [2.75, 3.05) is 0 Å². The largest absolute Gasteiger partial charge is 0.455 e. The number of aryl methyl sites for hydroxylation is 8. The maximum absolute atomic E-state index is 6.92. The zero-order valence-corrected chi connectivity index (χ0v) is 74.4. The van der Waals surface area contributed by atoms with Crippen LogP contribution in [0.4, 0.5) is 0 Å². The summed E-state index contributed by atoms with van der Waals surface area (Å²) in [6, 6.07) is 98.5. The van der Waals surface area contributed by atoms with Gasteiger partial charge in [0.05, 0.1) is 22.3 Å². The monoisotopic (exact) mass is 1660 g/mol. The molecule has 8 aromatic heterocycles. The van der Waals surface area contributed by atoms with Crippen LogP contribution in [-0.4, -0.2) is 0 Å². The molecule has 0 atom stereocenters. The molecule has 4 saturated carbocycles. The summed E-state index contributed by atoms with van der Waals surface area (Å²) in [5.74, 6) is 0. The van der Waals surface area contributed by atoms with Gasteiger partial charge in [0, 0.05) is 124 Å². The summed E-state index contributed by atoms with van der Waals surface area (Å²) in [4.78, 5) is 0. The van der Waals surface area contributed by atoms with Gasteiger partial charge in [-0.3, -0.25) is 0 Å². The van der Waals surface area contributed by atoms with Crippen LogP contribution in [-0.2, 0) is 49.9 Å². The molecule has 20 aromatic rings. The number of hydrogen-bond acceptors (Lipinski definition) is 4. The molecular formula is C120H104N4O4+4. The second kappa shape index (κ2) is 29.0. The number of furan rings is 4. The smallest absolute Gasteiger partial charge is 0.216 e. The zero-order chi connectivity index (χ0) is 85.8. The molecule has 8 aliphatic rings. The van der Waals surface area contributed by atoms with Crippen LogP contribution >= 0.6 is 0 Å². The van der Waals surface area contributed by atoms with Gasteiger partial charge in [-0.25, -0.2) is 18.3 Å². The van der Waals surface area contributed by atoms with Crippen molar-refractivity contribution in [3.63, 3.8) is 0 Å². The van der Waals surface area contributed by atoms with Crippen LogP contribution in [0.25, 0.3) is 177 Å². The number of nitrogens with zero attached hydrogens (tertiary/aromatic N) is 4. The lowest BCUT2D eigenvalue weighted by Gasteiger charge is -2.26. The van der Waals surface area contributed by atoms with Crippen molar-refractivity contribution >= 4 is 87.8 Å². The van der Waals surface area contributed by atoms with E-state index in [2.05, 4.69) is 366 Å². The minimum Gasteiger partial charge on any atom is -0.455 e. The number of benzene rings is 12. The van der Waals surface area contributed by atoms with Crippen LogP contribution in [0.5, 0.6) is 0 Å². The van der Waals surface area contributed by atoms with Gasteiger partial charge in [-0.2, -0.15) is 0 Å². The van der Waals surface area contributed by atoms with Crippen LogP contribution in [0.15, 0.2) is 309 Å². The maximum Gasteiger partial charge on any atom is 0.216 e. The van der Waals surface area contributed by atoms with Crippen LogP contribution < -0.4 is 18.3 Å². The molecular weight excluding hydrogens is 1560 g/mol. The summed E-state index contributed by atoms with van der Waals surface area (Å²) < 4.78 is 35.9. The Hall–Kier alpha value is -13.6. The van der Waals surface area contributed by atoms with E-state index < -0.39 is 0 Å². The molecule has 0 aliphatic heterocycles. The van der Waals surface area contributed by atoms with Crippen molar-refractivity contribution in [2.24, 2.45) is 28.2 Å². The van der Waals surface area contributed by atoms with E-state index in [0.29, 0.717) is 0 Å². The van der Waals surface area contributed by atoms with Gasteiger partial charge in [0.1, 0.15) is 72.9 Å². The molecule has 624 valence electrons. The first-order chi connectivity index (χ1) is 62.7. The average molecular weight is 1670 g/mol. The highest BCUT2D eigenvalue weighted by atomic mass is 16.3. The maximum atomic E-state index is 6.92. The first kappa shape index (κ1) is 76.8. The van der Waals surface area contributed by atoms with E-state index in [-0.39, 0.29) is 21.7 Å². The molecule has 0 radical (unpaired) electrons. The molecule has 128 heavy (non-hydrogen) atoms. The highest BCUT2D eigenvalue weighted by Crippen LogP contribution is 2.64. The Morgan fingerprint density at radius 1 is 0.211 bits per heavy atom. The van der Waals surface area contributed by atoms with Gasteiger partial charge in [0.25, 0.3) is 0 Å². The number of fused-ring (bicyclic) bond motifs is 34. The van der Waals surface area contributed by atoms with Crippen LogP contribution in [0.2, 0.25) is 0 Å². The summed E-state index contributed by atoms with van der Waals surface area (Å²) in [6.07, 6.45) is 28.7. The summed E-state index contributed by atoms with van der Waals surface area (Å²) in [5.41, 5.74) is 46.3. The molecule has 8 heterocycles. The molecule has 8 heteroatoms. The average Bonchev–Trinajstić information content (AvgIpc) is 1.57. The predicted octanol–water partition coefficient (Wildman–Crippen LogP) is 28.9. The minimum atomic E-state index is 0.103. The Morgan fingerprint density at radius 2 is 0.508 bits per heavy atom. The van der Waals surface area contributed by atoms with Gasteiger partial charge >= 0.3 is 0 Å². The summed E-state index contributed by atoms with van der Waals surface area (Å²) in [6.45, 7) is 8.73. The third-order valence-electron chi connectivity index (χ3n) is 32.0. The molecule has 4 spiro atoms. The summed E-state index contributed by atoms with van der Waals surface area (Å²) in [5, 5.41) is 9.80. The Bertz CT molecular complexity index is 7990. The second-order valence-electron chi connectivity index (χ2n) is 38.6. The van der Waals surface area contributed by atoms with E-state index in [1.165, 1.54) is 302 Å². The van der Waals surface area contributed by atoms with Gasteiger partial charge in [-0.15, -0.1) is 0 Å². The Balaban J connectivity index is 0.0000000926. The molecule has 0 amide bonds. The number of pyridine rings is 4. The number of hydrogen-bond donors (Lipinski definition) is 0. The normalized spacial score (nSPS) is 16.2. The molecule has 8 aliphatic carbocycles. The summed E-state index contributed by atoms with van der Waals surface area (Å²) in [7, 11) is 8.42. The quantitative estimate of drug-likeness (QED) is 0.165. The Kier molecular flexibility index (Phi) is 17.4. The standard InChI is InChI=1S/4C30H26NO/c1-19-12-13-20-21-14-15-24-27(22-9-3-4-10-23(22)30(24)16-6-7-17-30)29(21)32-28(20)26(19)25-11-5-8-18-31(25)2;1-19-12-13-22-23-15-14-21-20-9-3-4-10-24(20)30(16-6-7-17-30)27(21)29(23)32-28(22)26(19)25-11-5-8-18-31(25)2;1-19-12-13-21-23-17-25-22(20-9-3-4-10-24(20)30(25)14-6-7-15-30)18-27(23)32-29(21)28(19)26-11-5-8-16-31(26)2;1-19-12-13-21-23-17-22-20-9-3-4-10-24(20)30(14-6-7-15-30)25(22)18-27(23)32-29(21)28(19)26-11-5-8-16-31(26)2/h2*3-5,8-15,18H,6-7,16-17H2,1-2H3;2*3-5,8-13,16-18H,6-7,14-15H2,1-2H3/q4*+1. The molecule has 0 unspecified atom stereocenters. The van der Waals surface area contributed by atoms with Crippen molar-refractivity contribution in [1.29, 1.82) is 0 Å². The van der Waals surface area contributed by atoms with Gasteiger partial charge in [-0.1, -0.05) is 215 Å². The van der Waals surface area contributed by atoms with Crippen molar-refractivity contribution < 1.29 is 35.9 Å². The number of rotatable bonds is 4. The molecule has 4 fully saturated rings. The Morgan fingerprint density at radius 3 is 0.945 bits per heavy atom. The van der Waals surface area contributed by atoms with E-state index >= 15 is 0 Å². The highest BCUT2D eigenvalue weighted by molar-refractivity contribution is 6.17.